The van der Waals surface area contributed by atoms with Crippen LogP contribution >= 0.6 is 11.3 Å². The van der Waals surface area contributed by atoms with Gasteiger partial charge in [0.05, 0.1) is 4.88 Å². The Morgan fingerprint density at radius 3 is 2.87 bits per heavy atom. The van der Waals surface area contributed by atoms with Gasteiger partial charge in [-0.05, 0) is 55.2 Å². The minimum Gasteiger partial charge on any atom is -0.505 e. The molecule has 0 saturated carbocycles. The van der Waals surface area contributed by atoms with E-state index in [4.69, 9.17) is 0 Å². The SMILES string of the molecule is O=C(N[C@@H]1C[C@H]2CC[C@@H]1N2)c1ccc(-c2ccc(O)c(F)c2)s1. The molecule has 2 saturated heterocycles. The summed E-state index contributed by atoms with van der Waals surface area (Å²) in [6.45, 7) is 0. The first-order chi connectivity index (χ1) is 11.1. The maximum absolute atomic E-state index is 13.5. The van der Waals surface area contributed by atoms with Crippen molar-refractivity contribution in [2.75, 3.05) is 0 Å². The summed E-state index contributed by atoms with van der Waals surface area (Å²) in [7, 11) is 0. The van der Waals surface area contributed by atoms with Gasteiger partial charge in [-0.25, -0.2) is 4.39 Å². The second-order valence-electron chi connectivity index (χ2n) is 6.19. The Morgan fingerprint density at radius 1 is 1.30 bits per heavy atom. The van der Waals surface area contributed by atoms with Gasteiger partial charge in [-0.15, -0.1) is 11.3 Å². The predicted molar refractivity (Wildman–Crippen MR) is 87.2 cm³/mol. The number of halogens is 1. The zero-order valence-electron chi connectivity index (χ0n) is 12.4. The summed E-state index contributed by atoms with van der Waals surface area (Å²) in [5.41, 5.74) is 0.658. The van der Waals surface area contributed by atoms with Crippen LogP contribution in [0.4, 0.5) is 4.39 Å². The van der Waals surface area contributed by atoms with Gasteiger partial charge in [-0.1, -0.05) is 0 Å². The fourth-order valence-corrected chi connectivity index (χ4v) is 4.40. The third-order valence-electron chi connectivity index (χ3n) is 4.68. The summed E-state index contributed by atoms with van der Waals surface area (Å²) in [4.78, 5) is 13.8. The molecule has 0 spiro atoms. The van der Waals surface area contributed by atoms with Crippen LogP contribution in [0, 0.1) is 5.82 Å². The van der Waals surface area contributed by atoms with E-state index in [1.165, 1.54) is 29.9 Å². The molecule has 2 fully saturated rings. The maximum atomic E-state index is 13.5. The van der Waals surface area contributed by atoms with Gasteiger partial charge in [-0.3, -0.25) is 4.79 Å². The number of carbonyl (C=O) groups is 1. The molecule has 2 aliphatic heterocycles. The summed E-state index contributed by atoms with van der Waals surface area (Å²) in [6.07, 6.45) is 3.32. The Morgan fingerprint density at radius 2 is 2.17 bits per heavy atom. The second kappa shape index (κ2) is 5.62. The highest BCUT2D eigenvalue weighted by Crippen LogP contribution is 2.32. The summed E-state index contributed by atoms with van der Waals surface area (Å²) in [5, 5.41) is 15.9. The lowest BCUT2D eigenvalue weighted by atomic mass is 9.95. The lowest BCUT2D eigenvalue weighted by molar-refractivity contribution is 0.0935. The van der Waals surface area contributed by atoms with E-state index >= 15 is 0 Å². The molecular weight excluding hydrogens is 315 g/mol. The molecule has 3 heterocycles. The number of rotatable bonds is 3. The molecule has 3 atom stereocenters. The van der Waals surface area contributed by atoms with Crippen LogP contribution in [0.3, 0.4) is 0 Å². The molecule has 0 aliphatic carbocycles. The van der Waals surface area contributed by atoms with E-state index in [-0.39, 0.29) is 17.7 Å². The molecule has 3 N–H and O–H groups in total. The predicted octanol–water partition coefficient (Wildman–Crippen LogP) is 2.88. The summed E-state index contributed by atoms with van der Waals surface area (Å²) >= 11 is 1.33. The van der Waals surface area contributed by atoms with Crippen molar-refractivity contribution in [2.24, 2.45) is 0 Å². The van der Waals surface area contributed by atoms with E-state index in [0.717, 1.165) is 17.7 Å². The van der Waals surface area contributed by atoms with Crippen molar-refractivity contribution in [3.05, 3.63) is 41.0 Å². The van der Waals surface area contributed by atoms with Crippen LogP contribution in [0.2, 0.25) is 0 Å². The highest BCUT2D eigenvalue weighted by atomic mass is 32.1. The lowest BCUT2D eigenvalue weighted by Gasteiger charge is -2.20. The van der Waals surface area contributed by atoms with E-state index in [1.807, 2.05) is 6.07 Å². The molecule has 23 heavy (non-hydrogen) atoms. The largest absolute Gasteiger partial charge is 0.505 e. The van der Waals surface area contributed by atoms with Gasteiger partial charge in [0.15, 0.2) is 11.6 Å². The first-order valence-electron chi connectivity index (χ1n) is 7.76. The van der Waals surface area contributed by atoms with E-state index < -0.39 is 5.82 Å². The standard InChI is InChI=1S/C17H17FN2O2S/c18-11-7-9(1-4-14(11)21)15-5-6-16(23-15)17(22)20-13-8-10-2-3-12(13)19-10/h1,4-7,10,12-13,19,21H,2-3,8H2,(H,20,22)/t10-,12+,13-/m1/s1. The topological polar surface area (TPSA) is 61.4 Å². The van der Waals surface area contributed by atoms with Gasteiger partial charge in [0.1, 0.15) is 0 Å². The van der Waals surface area contributed by atoms with Crippen LogP contribution in [0.5, 0.6) is 5.75 Å². The fraction of sp³-hybridized carbons (Fsp3) is 0.353. The molecule has 2 aliphatic rings. The molecule has 1 aromatic heterocycles. The average molecular weight is 332 g/mol. The molecule has 0 unspecified atom stereocenters. The number of amides is 1. The molecule has 4 rings (SSSR count). The molecule has 2 aromatic rings. The van der Waals surface area contributed by atoms with Gasteiger partial charge < -0.3 is 15.7 Å². The van der Waals surface area contributed by atoms with Crippen LogP contribution in [-0.4, -0.2) is 29.1 Å². The smallest absolute Gasteiger partial charge is 0.261 e. The Bertz CT molecular complexity index is 761. The molecular formula is C17H17FN2O2S. The second-order valence-corrected chi connectivity index (χ2v) is 7.28. The highest BCUT2D eigenvalue weighted by molar-refractivity contribution is 7.17. The number of thiophene rings is 1. The molecule has 1 amide bonds. The quantitative estimate of drug-likeness (QED) is 0.810. The summed E-state index contributed by atoms with van der Waals surface area (Å²) in [6, 6.07) is 8.97. The average Bonchev–Trinajstić information content (AvgIpc) is 3.25. The summed E-state index contributed by atoms with van der Waals surface area (Å²) < 4.78 is 13.5. The zero-order chi connectivity index (χ0) is 16.0. The molecule has 0 radical (unpaired) electrons. The lowest BCUT2D eigenvalue weighted by Crippen LogP contribution is -2.42. The van der Waals surface area contributed by atoms with Crippen LogP contribution in [0.15, 0.2) is 30.3 Å². The molecule has 4 nitrogen and oxygen atoms in total. The Balaban J connectivity index is 1.48. The van der Waals surface area contributed by atoms with E-state index in [2.05, 4.69) is 10.6 Å². The van der Waals surface area contributed by atoms with Crippen molar-refractivity contribution in [1.82, 2.24) is 10.6 Å². The third-order valence-corrected chi connectivity index (χ3v) is 5.81. The third kappa shape index (κ3) is 2.72. The monoisotopic (exact) mass is 332 g/mol. The van der Waals surface area contributed by atoms with E-state index in [9.17, 15) is 14.3 Å². The molecule has 120 valence electrons. The van der Waals surface area contributed by atoms with Gasteiger partial charge in [0.25, 0.3) is 5.91 Å². The van der Waals surface area contributed by atoms with Crippen LogP contribution in [0.25, 0.3) is 10.4 Å². The first-order valence-corrected chi connectivity index (χ1v) is 8.57. The fourth-order valence-electron chi connectivity index (χ4n) is 3.50. The van der Waals surface area contributed by atoms with Crippen LogP contribution in [-0.2, 0) is 0 Å². The number of phenols is 1. The van der Waals surface area contributed by atoms with Crippen LogP contribution in [0.1, 0.15) is 28.9 Å². The van der Waals surface area contributed by atoms with E-state index in [0.29, 0.717) is 22.5 Å². The molecule has 1 aromatic carbocycles. The maximum Gasteiger partial charge on any atom is 0.261 e. The number of carbonyl (C=O) groups excluding carboxylic acids is 1. The number of fused-ring (bicyclic) bond motifs is 2. The minimum atomic E-state index is -0.657. The Labute approximate surface area is 137 Å². The van der Waals surface area contributed by atoms with E-state index in [1.54, 1.807) is 12.1 Å². The number of nitrogens with one attached hydrogen (secondary N) is 2. The van der Waals surface area contributed by atoms with Gasteiger partial charge in [0, 0.05) is 23.0 Å². The number of benzene rings is 1. The number of aromatic hydroxyl groups is 1. The Kier molecular flexibility index (Phi) is 3.58. The van der Waals surface area contributed by atoms with Crippen molar-refractivity contribution in [3.8, 4) is 16.2 Å². The van der Waals surface area contributed by atoms with Crippen molar-refractivity contribution >= 4 is 17.2 Å². The number of phenolic OH excluding ortho intramolecular Hbond substituents is 1. The first kappa shape index (κ1) is 14.7. The molecule has 2 bridgehead atoms. The normalized spacial score (nSPS) is 25.7. The van der Waals surface area contributed by atoms with Crippen molar-refractivity contribution in [2.45, 2.75) is 37.4 Å². The minimum absolute atomic E-state index is 0.0696. The van der Waals surface area contributed by atoms with Gasteiger partial charge in [0.2, 0.25) is 0 Å². The van der Waals surface area contributed by atoms with Crippen molar-refractivity contribution < 1.29 is 14.3 Å². The molecule has 6 heteroatoms. The zero-order valence-corrected chi connectivity index (χ0v) is 13.2. The number of hydrogen-bond donors (Lipinski definition) is 3. The Hall–Kier alpha value is -1.92. The van der Waals surface area contributed by atoms with Crippen LogP contribution < -0.4 is 10.6 Å². The van der Waals surface area contributed by atoms with Crippen molar-refractivity contribution in [1.29, 1.82) is 0 Å². The van der Waals surface area contributed by atoms with Crippen molar-refractivity contribution in [3.63, 3.8) is 0 Å². The summed E-state index contributed by atoms with van der Waals surface area (Å²) in [5.74, 6) is -1.10. The number of hydrogen-bond acceptors (Lipinski definition) is 4. The van der Waals surface area contributed by atoms with Gasteiger partial charge in [-0.2, -0.15) is 0 Å². The van der Waals surface area contributed by atoms with Gasteiger partial charge >= 0.3 is 0 Å². The highest BCUT2D eigenvalue weighted by Gasteiger charge is 2.39.